The molecule has 1 fully saturated rings. The van der Waals surface area contributed by atoms with E-state index in [-0.39, 0.29) is 17.7 Å². The summed E-state index contributed by atoms with van der Waals surface area (Å²) in [4.78, 5) is 16.9. The van der Waals surface area contributed by atoms with E-state index in [0.29, 0.717) is 17.0 Å². The minimum absolute atomic E-state index is 0.0464. The molecule has 3 rings (SSSR count). The molecule has 2 atom stereocenters. The summed E-state index contributed by atoms with van der Waals surface area (Å²) in [5, 5.41) is 16.1. The molecule has 1 aliphatic rings. The molecule has 0 radical (unpaired) electrons. The molecule has 0 saturated heterocycles. The summed E-state index contributed by atoms with van der Waals surface area (Å²) in [6.45, 7) is 4.25. The topological polar surface area (TPSA) is 68.0 Å². The Bertz CT molecular complexity index is 697. The van der Waals surface area contributed by atoms with Crippen molar-refractivity contribution < 1.29 is 9.90 Å². The molecule has 1 N–H and O–H groups in total. The molecule has 1 saturated carbocycles. The van der Waals surface area contributed by atoms with Gasteiger partial charge < -0.3 is 5.11 Å². The van der Waals surface area contributed by atoms with E-state index in [1.807, 2.05) is 13.8 Å². The van der Waals surface area contributed by atoms with Crippen molar-refractivity contribution in [3.05, 3.63) is 47.5 Å². The molecule has 0 amide bonds. The SMILES string of the molecule is CC1(C)CCC(C(=O)c2ccc(Cl)cc2)C1(O)Cn1cncn1. The average molecular weight is 334 g/mol. The number of carbonyl (C=O) groups is 1. The van der Waals surface area contributed by atoms with Crippen LogP contribution in [-0.4, -0.2) is 31.3 Å². The summed E-state index contributed by atoms with van der Waals surface area (Å²) in [7, 11) is 0. The largest absolute Gasteiger partial charge is 0.387 e. The highest BCUT2D eigenvalue weighted by Gasteiger charge is 2.57. The maximum absolute atomic E-state index is 12.9. The van der Waals surface area contributed by atoms with Crippen LogP contribution in [0.15, 0.2) is 36.9 Å². The zero-order valence-corrected chi connectivity index (χ0v) is 14.0. The predicted molar refractivity (Wildman–Crippen MR) is 87.3 cm³/mol. The second-order valence-electron chi connectivity index (χ2n) is 6.86. The highest BCUT2D eigenvalue weighted by Crippen LogP contribution is 2.51. The summed E-state index contributed by atoms with van der Waals surface area (Å²) < 4.78 is 1.59. The number of hydrogen-bond donors (Lipinski definition) is 1. The lowest BCUT2D eigenvalue weighted by Crippen LogP contribution is -2.51. The van der Waals surface area contributed by atoms with Gasteiger partial charge in [-0.3, -0.25) is 9.48 Å². The zero-order valence-electron chi connectivity index (χ0n) is 13.2. The van der Waals surface area contributed by atoms with Crippen LogP contribution in [0, 0.1) is 11.3 Å². The fourth-order valence-electron chi connectivity index (χ4n) is 3.48. The van der Waals surface area contributed by atoms with Crippen molar-refractivity contribution >= 4 is 17.4 Å². The van der Waals surface area contributed by atoms with E-state index in [1.54, 1.807) is 35.3 Å². The number of aliphatic hydroxyl groups is 1. The molecule has 0 bridgehead atoms. The molecular formula is C17H20ClN3O2. The molecule has 5 nitrogen and oxygen atoms in total. The van der Waals surface area contributed by atoms with Crippen LogP contribution < -0.4 is 0 Å². The van der Waals surface area contributed by atoms with Gasteiger partial charge in [-0.15, -0.1) is 0 Å². The fourth-order valence-corrected chi connectivity index (χ4v) is 3.61. The minimum atomic E-state index is -1.17. The molecule has 1 aromatic heterocycles. The van der Waals surface area contributed by atoms with E-state index < -0.39 is 11.5 Å². The molecule has 23 heavy (non-hydrogen) atoms. The lowest BCUT2D eigenvalue weighted by Gasteiger charge is -2.40. The van der Waals surface area contributed by atoms with E-state index in [4.69, 9.17) is 11.6 Å². The maximum Gasteiger partial charge on any atom is 0.168 e. The fraction of sp³-hybridized carbons (Fsp3) is 0.471. The van der Waals surface area contributed by atoms with Crippen molar-refractivity contribution in [1.29, 1.82) is 0 Å². The van der Waals surface area contributed by atoms with Crippen molar-refractivity contribution in [1.82, 2.24) is 14.8 Å². The van der Waals surface area contributed by atoms with Gasteiger partial charge in [-0.25, -0.2) is 4.98 Å². The van der Waals surface area contributed by atoms with Gasteiger partial charge in [0.15, 0.2) is 5.78 Å². The number of carbonyl (C=O) groups excluding carboxylic acids is 1. The Labute approximate surface area is 140 Å². The Balaban J connectivity index is 1.93. The lowest BCUT2D eigenvalue weighted by atomic mass is 9.72. The molecule has 2 unspecified atom stereocenters. The number of aromatic nitrogens is 3. The number of halogens is 1. The second kappa shape index (κ2) is 5.73. The predicted octanol–water partition coefficient (Wildman–Crippen LogP) is 2.98. The monoisotopic (exact) mass is 333 g/mol. The average Bonchev–Trinajstić information content (AvgIpc) is 3.07. The smallest absolute Gasteiger partial charge is 0.168 e. The van der Waals surface area contributed by atoms with Crippen molar-refractivity contribution in [2.45, 2.75) is 38.8 Å². The van der Waals surface area contributed by atoms with Crippen LogP contribution in [0.5, 0.6) is 0 Å². The zero-order chi connectivity index (χ0) is 16.7. The maximum atomic E-state index is 12.9. The van der Waals surface area contributed by atoms with Crippen LogP contribution in [-0.2, 0) is 6.54 Å². The standard InChI is InChI=1S/C17H20ClN3O2/c1-16(2)8-7-14(15(22)12-3-5-13(18)6-4-12)17(16,23)9-21-11-19-10-20-21/h3-6,10-11,14,23H,7-9H2,1-2H3. The molecular weight excluding hydrogens is 314 g/mol. The summed E-state index contributed by atoms with van der Waals surface area (Å²) in [6.07, 6.45) is 4.43. The van der Waals surface area contributed by atoms with E-state index in [1.165, 1.54) is 6.33 Å². The van der Waals surface area contributed by atoms with Gasteiger partial charge in [0, 0.05) is 10.6 Å². The van der Waals surface area contributed by atoms with Crippen molar-refractivity contribution in [3.8, 4) is 0 Å². The molecule has 2 aromatic rings. The first-order chi connectivity index (χ1) is 10.8. The van der Waals surface area contributed by atoms with Crippen LogP contribution >= 0.6 is 11.6 Å². The summed E-state index contributed by atoms with van der Waals surface area (Å²) in [5.41, 5.74) is -0.975. The Kier molecular flexibility index (Phi) is 4.02. The van der Waals surface area contributed by atoms with Crippen LogP contribution in [0.3, 0.4) is 0 Å². The Morgan fingerprint density at radius 2 is 2.09 bits per heavy atom. The summed E-state index contributed by atoms with van der Waals surface area (Å²) >= 11 is 5.89. The molecule has 0 aliphatic heterocycles. The number of rotatable bonds is 4. The van der Waals surface area contributed by atoms with Crippen LogP contribution in [0.25, 0.3) is 0 Å². The quantitative estimate of drug-likeness (QED) is 0.873. The third kappa shape index (κ3) is 2.79. The normalized spacial score (nSPS) is 26.3. The Hall–Kier alpha value is -1.72. The summed E-state index contributed by atoms with van der Waals surface area (Å²) in [6, 6.07) is 6.83. The number of Topliss-reactive ketones (excluding diaryl/α,β-unsaturated/α-hetero) is 1. The number of nitrogens with zero attached hydrogens (tertiary/aromatic N) is 3. The van der Waals surface area contributed by atoms with Gasteiger partial charge in [-0.05, 0) is 42.5 Å². The number of ketones is 1. The van der Waals surface area contributed by atoms with E-state index >= 15 is 0 Å². The molecule has 122 valence electrons. The van der Waals surface area contributed by atoms with Crippen molar-refractivity contribution in [2.75, 3.05) is 0 Å². The lowest BCUT2D eigenvalue weighted by molar-refractivity contribution is -0.0812. The highest BCUT2D eigenvalue weighted by atomic mass is 35.5. The Morgan fingerprint density at radius 1 is 1.39 bits per heavy atom. The van der Waals surface area contributed by atoms with Gasteiger partial charge in [-0.2, -0.15) is 5.10 Å². The van der Waals surface area contributed by atoms with Gasteiger partial charge in [-0.1, -0.05) is 25.4 Å². The molecule has 1 aliphatic carbocycles. The molecule has 1 aromatic carbocycles. The van der Waals surface area contributed by atoms with E-state index in [0.717, 1.165) is 6.42 Å². The Morgan fingerprint density at radius 3 is 2.70 bits per heavy atom. The van der Waals surface area contributed by atoms with Gasteiger partial charge in [0.05, 0.1) is 18.1 Å². The van der Waals surface area contributed by atoms with Crippen LogP contribution in [0.4, 0.5) is 0 Å². The third-order valence-electron chi connectivity index (χ3n) is 5.12. The number of benzene rings is 1. The van der Waals surface area contributed by atoms with Crippen LogP contribution in [0.2, 0.25) is 5.02 Å². The van der Waals surface area contributed by atoms with Crippen molar-refractivity contribution in [2.24, 2.45) is 11.3 Å². The minimum Gasteiger partial charge on any atom is -0.387 e. The summed E-state index contributed by atoms with van der Waals surface area (Å²) in [5.74, 6) is -0.516. The van der Waals surface area contributed by atoms with Gasteiger partial charge in [0.1, 0.15) is 12.7 Å². The third-order valence-corrected chi connectivity index (χ3v) is 5.37. The first kappa shape index (κ1) is 16.1. The van der Waals surface area contributed by atoms with Gasteiger partial charge in [0.25, 0.3) is 0 Å². The first-order valence-corrected chi connectivity index (χ1v) is 8.06. The van der Waals surface area contributed by atoms with Crippen LogP contribution in [0.1, 0.15) is 37.0 Å². The van der Waals surface area contributed by atoms with E-state index in [2.05, 4.69) is 10.1 Å². The molecule has 0 spiro atoms. The van der Waals surface area contributed by atoms with E-state index in [9.17, 15) is 9.90 Å². The second-order valence-corrected chi connectivity index (χ2v) is 7.30. The first-order valence-electron chi connectivity index (χ1n) is 7.68. The van der Waals surface area contributed by atoms with Gasteiger partial charge >= 0.3 is 0 Å². The highest BCUT2D eigenvalue weighted by molar-refractivity contribution is 6.30. The molecule has 6 heteroatoms. The number of hydrogen-bond acceptors (Lipinski definition) is 4. The van der Waals surface area contributed by atoms with Crippen molar-refractivity contribution in [3.63, 3.8) is 0 Å². The molecule has 1 heterocycles. The van der Waals surface area contributed by atoms with Gasteiger partial charge in [0.2, 0.25) is 0 Å².